The van der Waals surface area contributed by atoms with Crippen molar-refractivity contribution >= 4 is 16.9 Å². The number of hydrogen-bond donors (Lipinski definition) is 1. The first kappa shape index (κ1) is 12.4. The molecule has 2 aromatic rings. The third-order valence-corrected chi connectivity index (χ3v) is 2.81. The number of para-hydroxylation sites is 1. The van der Waals surface area contributed by atoms with Crippen LogP contribution in [0.2, 0.25) is 0 Å². The van der Waals surface area contributed by atoms with Crippen molar-refractivity contribution in [2.75, 3.05) is 7.11 Å². The zero-order valence-electron chi connectivity index (χ0n) is 10.2. The van der Waals surface area contributed by atoms with E-state index in [9.17, 15) is 4.79 Å². The Labute approximate surface area is 105 Å². The highest BCUT2D eigenvalue weighted by Crippen LogP contribution is 2.24. The number of aromatic nitrogens is 1. The summed E-state index contributed by atoms with van der Waals surface area (Å²) < 4.78 is 5.24. The van der Waals surface area contributed by atoms with Gasteiger partial charge in [-0.05, 0) is 30.5 Å². The van der Waals surface area contributed by atoms with Gasteiger partial charge in [-0.3, -0.25) is 9.78 Å². The van der Waals surface area contributed by atoms with Crippen LogP contribution in [0.15, 0.2) is 30.5 Å². The number of rotatable bonds is 5. The summed E-state index contributed by atoms with van der Waals surface area (Å²) in [5.74, 6) is -0.00463. The first-order chi connectivity index (χ1) is 8.70. The van der Waals surface area contributed by atoms with Crippen LogP contribution in [-0.4, -0.2) is 23.2 Å². The number of fused-ring (bicyclic) bond motifs is 1. The minimum Gasteiger partial charge on any atom is -0.494 e. The van der Waals surface area contributed by atoms with Crippen LogP contribution in [-0.2, 0) is 11.2 Å². The highest BCUT2D eigenvalue weighted by Gasteiger charge is 2.04. The van der Waals surface area contributed by atoms with Crippen LogP contribution in [0.25, 0.3) is 10.9 Å². The lowest BCUT2D eigenvalue weighted by molar-refractivity contribution is -0.137. The molecule has 1 N–H and O–H groups in total. The molecule has 1 heterocycles. The molecule has 0 spiro atoms. The van der Waals surface area contributed by atoms with Crippen LogP contribution < -0.4 is 4.74 Å². The quantitative estimate of drug-likeness (QED) is 0.879. The number of aryl methyl sites for hydroxylation is 1. The summed E-state index contributed by atoms with van der Waals surface area (Å²) in [5, 5.41) is 9.62. The molecule has 0 atom stereocenters. The Morgan fingerprint density at radius 3 is 3.00 bits per heavy atom. The van der Waals surface area contributed by atoms with Crippen molar-refractivity contribution in [2.24, 2.45) is 0 Å². The van der Waals surface area contributed by atoms with Gasteiger partial charge in [0.1, 0.15) is 11.3 Å². The molecule has 0 saturated heterocycles. The fourth-order valence-electron chi connectivity index (χ4n) is 1.92. The molecular formula is C14H15NO3. The summed E-state index contributed by atoms with van der Waals surface area (Å²) in [7, 11) is 1.62. The fourth-order valence-corrected chi connectivity index (χ4v) is 1.92. The van der Waals surface area contributed by atoms with E-state index < -0.39 is 5.97 Å². The van der Waals surface area contributed by atoms with Crippen LogP contribution in [0.3, 0.4) is 0 Å². The smallest absolute Gasteiger partial charge is 0.303 e. The molecule has 4 heteroatoms. The Hall–Kier alpha value is -2.10. The number of nitrogens with zero attached hydrogens (tertiary/aromatic N) is 1. The summed E-state index contributed by atoms with van der Waals surface area (Å²) in [6.07, 6.45) is 3.34. The van der Waals surface area contributed by atoms with Gasteiger partial charge in [-0.2, -0.15) is 0 Å². The number of carboxylic acids is 1. The molecule has 0 fully saturated rings. The first-order valence-electron chi connectivity index (χ1n) is 5.84. The van der Waals surface area contributed by atoms with E-state index in [-0.39, 0.29) is 6.42 Å². The Morgan fingerprint density at radius 2 is 2.28 bits per heavy atom. The Bertz CT molecular complexity index is 566. The highest BCUT2D eigenvalue weighted by atomic mass is 16.5. The third kappa shape index (κ3) is 2.77. The average molecular weight is 245 g/mol. The van der Waals surface area contributed by atoms with E-state index in [2.05, 4.69) is 4.98 Å². The van der Waals surface area contributed by atoms with Crippen molar-refractivity contribution in [2.45, 2.75) is 19.3 Å². The van der Waals surface area contributed by atoms with Gasteiger partial charge < -0.3 is 9.84 Å². The van der Waals surface area contributed by atoms with Crippen molar-refractivity contribution in [3.05, 3.63) is 36.0 Å². The van der Waals surface area contributed by atoms with Gasteiger partial charge in [-0.25, -0.2) is 0 Å². The van der Waals surface area contributed by atoms with Gasteiger partial charge >= 0.3 is 5.97 Å². The monoisotopic (exact) mass is 245 g/mol. The van der Waals surface area contributed by atoms with Gasteiger partial charge in [-0.1, -0.05) is 12.1 Å². The summed E-state index contributed by atoms with van der Waals surface area (Å²) in [6.45, 7) is 0. The maximum absolute atomic E-state index is 10.5. The lowest BCUT2D eigenvalue weighted by Gasteiger charge is -2.06. The molecule has 0 aliphatic carbocycles. The minimum atomic E-state index is -0.759. The molecular weight excluding hydrogens is 230 g/mol. The summed E-state index contributed by atoms with van der Waals surface area (Å²) in [5.41, 5.74) is 1.89. The number of carbonyl (C=O) groups is 1. The van der Waals surface area contributed by atoms with Gasteiger partial charge in [0, 0.05) is 18.0 Å². The standard InChI is InChI=1S/C14H15NO3/c1-18-12-6-3-5-11-8-10(9-15-14(11)12)4-2-7-13(16)17/h3,5-6,8-9H,2,4,7H2,1H3,(H,16,17). The second kappa shape index (κ2) is 5.49. The second-order valence-corrected chi connectivity index (χ2v) is 4.12. The van der Waals surface area contributed by atoms with Crippen molar-refractivity contribution in [3.8, 4) is 5.75 Å². The fraction of sp³-hybridized carbons (Fsp3) is 0.286. The molecule has 1 aromatic carbocycles. The molecule has 0 aliphatic heterocycles. The Balaban J connectivity index is 2.20. The number of benzene rings is 1. The van der Waals surface area contributed by atoms with Crippen LogP contribution in [0.5, 0.6) is 5.75 Å². The van der Waals surface area contributed by atoms with Crippen molar-refractivity contribution < 1.29 is 14.6 Å². The molecule has 18 heavy (non-hydrogen) atoms. The van der Waals surface area contributed by atoms with Crippen LogP contribution in [0, 0.1) is 0 Å². The number of ether oxygens (including phenoxy) is 1. The van der Waals surface area contributed by atoms with Crippen LogP contribution in [0.4, 0.5) is 0 Å². The molecule has 94 valence electrons. The molecule has 4 nitrogen and oxygen atoms in total. The van der Waals surface area contributed by atoms with E-state index >= 15 is 0 Å². The van der Waals surface area contributed by atoms with E-state index in [4.69, 9.17) is 9.84 Å². The molecule has 1 aromatic heterocycles. The maximum atomic E-state index is 10.5. The third-order valence-electron chi connectivity index (χ3n) is 2.81. The normalized spacial score (nSPS) is 10.5. The number of aliphatic carboxylic acids is 1. The molecule has 0 amide bonds. The van der Waals surface area contributed by atoms with E-state index in [1.165, 1.54) is 0 Å². The largest absolute Gasteiger partial charge is 0.494 e. The maximum Gasteiger partial charge on any atom is 0.303 e. The van der Waals surface area contributed by atoms with Gasteiger partial charge in [0.15, 0.2) is 0 Å². The SMILES string of the molecule is COc1cccc2cc(CCCC(=O)O)cnc12. The van der Waals surface area contributed by atoms with Gasteiger partial charge in [0.2, 0.25) is 0 Å². The predicted molar refractivity (Wildman–Crippen MR) is 68.9 cm³/mol. The molecule has 0 unspecified atom stereocenters. The number of methoxy groups -OCH3 is 1. The lowest BCUT2D eigenvalue weighted by atomic mass is 10.1. The summed E-state index contributed by atoms with van der Waals surface area (Å²) in [6, 6.07) is 7.81. The van der Waals surface area contributed by atoms with Gasteiger partial charge in [0.05, 0.1) is 7.11 Å². The van der Waals surface area contributed by atoms with E-state index in [0.717, 1.165) is 28.6 Å². The highest BCUT2D eigenvalue weighted by molar-refractivity contribution is 5.84. The molecule has 2 rings (SSSR count). The predicted octanol–water partition coefficient (Wildman–Crippen LogP) is 2.65. The minimum absolute atomic E-state index is 0.191. The number of hydrogen-bond acceptors (Lipinski definition) is 3. The summed E-state index contributed by atoms with van der Waals surface area (Å²) >= 11 is 0. The van der Waals surface area contributed by atoms with E-state index in [0.29, 0.717) is 6.42 Å². The van der Waals surface area contributed by atoms with Crippen molar-refractivity contribution in [3.63, 3.8) is 0 Å². The molecule has 0 radical (unpaired) electrons. The number of pyridine rings is 1. The van der Waals surface area contributed by atoms with Gasteiger partial charge in [-0.15, -0.1) is 0 Å². The Morgan fingerprint density at radius 1 is 1.44 bits per heavy atom. The first-order valence-corrected chi connectivity index (χ1v) is 5.84. The van der Waals surface area contributed by atoms with E-state index in [1.54, 1.807) is 13.3 Å². The van der Waals surface area contributed by atoms with Crippen LogP contribution in [0.1, 0.15) is 18.4 Å². The van der Waals surface area contributed by atoms with Crippen molar-refractivity contribution in [1.29, 1.82) is 0 Å². The molecule has 0 saturated carbocycles. The second-order valence-electron chi connectivity index (χ2n) is 4.12. The van der Waals surface area contributed by atoms with E-state index in [1.807, 2.05) is 24.3 Å². The average Bonchev–Trinajstić information content (AvgIpc) is 2.37. The zero-order chi connectivity index (χ0) is 13.0. The molecule has 0 bridgehead atoms. The lowest BCUT2D eigenvalue weighted by Crippen LogP contribution is -1.96. The Kier molecular flexibility index (Phi) is 3.77. The zero-order valence-corrected chi connectivity index (χ0v) is 10.2. The van der Waals surface area contributed by atoms with Crippen molar-refractivity contribution in [1.82, 2.24) is 4.98 Å². The topological polar surface area (TPSA) is 59.4 Å². The molecule has 0 aliphatic rings. The van der Waals surface area contributed by atoms with Crippen LogP contribution >= 0.6 is 0 Å². The number of carboxylic acid groups (broad SMARTS) is 1. The summed E-state index contributed by atoms with van der Waals surface area (Å²) in [4.78, 5) is 14.8. The van der Waals surface area contributed by atoms with Gasteiger partial charge in [0.25, 0.3) is 0 Å².